The van der Waals surface area contributed by atoms with Crippen molar-refractivity contribution in [3.05, 3.63) is 71.8 Å². The van der Waals surface area contributed by atoms with E-state index in [-0.39, 0.29) is 23.9 Å². The van der Waals surface area contributed by atoms with Crippen LogP contribution in [0.4, 0.5) is 15.8 Å². The summed E-state index contributed by atoms with van der Waals surface area (Å²) in [5, 5.41) is 5.39. The van der Waals surface area contributed by atoms with Gasteiger partial charge in [-0.3, -0.25) is 9.59 Å². The van der Waals surface area contributed by atoms with Gasteiger partial charge in [0.2, 0.25) is 5.91 Å². The standard InChI is InChI=1S/C23H22FN3O4/c1-4-31-23(30)21-20(19(13-27(21)3)16-6-5-7-17(24)12-16)26-22(29)15-8-10-18(11-9-15)25-14(2)28/h5-13H,4H2,1-3H3,(H,25,28)(H,26,29). The molecule has 160 valence electrons. The summed E-state index contributed by atoms with van der Waals surface area (Å²) >= 11 is 0. The van der Waals surface area contributed by atoms with Crippen LogP contribution in [0.5, 0.6) is 0 Å². The first kappa shape index (κ1) is 21.8. The minimum atomic E-state index is -0.607. The molecule has 0 unspecified atom stereocenters. The van der Waals surface area contributed by atoms with Crippen molar-refractivity contribution < 1.29 is 23.5 Å². The molecule has 1 aromatic heterocycles. The lowest BCUT2D eigenvalue weighted by atomic mass is 10.1. The molecule has 0 radical (unpaired) electrons. The molecule has 0 atom stereocenters. The van der Waals surface area contributed by atoms with Crippen molar-refractivity contribution >= 4 is 29.2 Å². The smallest absolute Gasteiger partial charge is 0.357 e. The number of amides is 2. The van der Waals surface area contributed by atoms with E-state index in [1.165, 1.54) is 23.6 Å². The topological polar surface area (TPSA) is 89.4 Å². The summed E-state index contributed by atoms with van der Waals surface area (Å²) in [6.45, 7) is 3.24. The highest BCUT2D eigenvalue weighted by Crippen LogP contribution is 2.34. The number of halogens is 1. The summed E-state index contributed by atoms with van der Waals surface area (Å²) < 4.78 is 20.5. The van der Waals surface area contributed by atoms with Crippen molar-refractivity contribution in [2.45, 2.75) is 13.8 Å². The molecule has 3 aromatic rings. The maximum absolute atomic E-state index is 13.8. The first-order valence-electron chi connectivity index (χ1n) is 9.61. The Kier molecular flexibility index (Phi) is 6.49. The van der Waals surface area contributed by atoms with Crippen LogP contribution in [0.1, 0.15) is 34.7 Å². The molecule has 1 heterocycles. The second-order valence-corrected chi connectivity index (χ2v) is 6.82. The molecule has 2 amide bonds. The van der Waals surface area contributed by atoms with Gasteiger partial charge in [0.1, 0.15) is 5.82 Å². The number of nitrogens with zero attached hydrogens (tertiary/aromatic N) is 1. The minimum Gasteiger partial charge on any atom is -0.461 e. The molecule has 0 aliphatic carbocycles. The van der Waals surface area contributed by atoms with Crippen LogP contribution in [0.2, 0.25) is 0 Å². The Hall–Kier alpha value is -3.94. The van der Waals surface area contributed by atoms with Gasteiger partial charge < -0.3 is 19.9 Å². The molecular weight excluding hydrogens is 401 g/mol. The molecule has 0 saturated heterocycles. The summed E-state index contributed by atoms with van der Waals surface area (Å²) in [5.74, 6) is -1.74. The number of nitrogens with one attached hydrogen (secondary N) is 2. The minimum absolute atomic E-state index is 0.143. The Morgan fingerprint density at radius 2 is 1.77 bits per heavy atom. The van der Waals surface area contributed by atoms with Crippen LogP contribution in [-0.2, 0) is 16.6 Å². The zero-order valence-electron chi connectivity index (χ0n) is 17.4. The highest BCUT2D eigenvalue weighted by atomic mass is 19.1. The van der Waals surface area contributed by atoms with Crippen molar-refractivity contribution in [2.75, 3.05) is 17.2 Å². The summed E-state index contributed by atoms with van der Waals surface area (Å²) in [6.07, 6.45) is 1.64. The maximum atomic E-state index is 13.8. The van der Waals surface area contributed by atoms with Crippen molar-refractivity contribution in [2.24, 2.45) is 7.05 Å². The molecule has 0 aliphatic rings. The van der Waals surface area contributed by atoms with E-state index < -0.39 is 17.7 Å². The summed E-state index contributed by atoms with van der Waals surface area (Å²) in [7, 11) is 1.65. The Labute approximate surface area is 178 Å². The Morgan fingerprint density at radius 1 is 1.06 bits per heavy atom. The highest BCUT2D eigenvalue weighted by molar-refractivity contribution is 6.11. The quantitative estimate of drug-likeness (QED) is 0.581. The van der Waals surface area contributed by atoms with E-state index in [4.69, 9.17) is 4.74 Å². The van der Waals surface area contributed by atoms with Gasteiger partial charge in [0.05, 0.1) is 12.3 Å². The summed E-state index contributed by atoms with van der Waals surface area (Å²) in [5.41, 5.74) is 2.22. The van der Waals surface area contributed by atoms with Gasteiger partial charge in [0.25, 0.3) is 5.91 Å². The van der Waals surface area contributed by atoms with Gasteiger partial charge in [-0.2, -0.15) is 0 Å². The van der Waals surface area contributed by atoms with E-state index in [2.05, 4.69) is 10.6 Å². The average molecular weight is 423 g/mol. The molecule has 0 spiro atoms. The Balaban J connectivity index is 2.00. The molecule has 0 aliphatic heterocycles. The predicted octanol–water partition coefficient (Wildman–Crippen LogP) is 4.22. The van der Waals surface area contributed by atoms with E-state index in [9.17, 15) is 18.8 Å². The fraction of sp³-hybridized carbons (Fsp3) is 0.174. The lowest BCUT2D eigenvalue weighted by Crippen LogP contribution is -2.17. The van der Waals surface area contributed by atoms with Gasteiger partial charge in [0, 0.05) is 37.0 Å². The van der Waals surface area contributed by atoms with Crippen LogP contribution in [0.3, 0.4) is 0 Å². The number of carbonyl (C=O) groups excluding carboxylic acids is 3. The molecule has 0 saturated carbocycles. The first-order valence-corrected chi connectivity index (χ1v) is 9.61. The molecule has 3 rings (SSSR count). The van der Waals surface area contributed by atoms with Crippen molar-refractivity contribution in [1.29, 1.82) is 0 Å². The molecule has 7 nitrogen and oxygen atoms in total. The number of aryl methyl sites for hydroxylation is 1. The first-order chi connectivity index (χ1) is 14.8. The Morgan fingerprint density at radius 3 is 2.39 bits per heavy atom. The van der Waals surface area contributed by atoms with Gasteiger partial charge in [-0.1, -0.05) is 12.1 Å². The average Bonchev–Trinajstić information content (AvgIpc) is 3.04. The molecular formula is C23H22FN3O4. The number of benzene rings is 2. The number of rotatable bonds is 6. The third-order valence-electron chi connectivity index (χ3n) is 4.49. The number of esters is 1. The highest BCUT2D eigenvalue weighted by Gasteiger charge is 2.24. The van der Waals surface area contributed by atoms with E-state index in [0.717, 1.165) is 0 Å². The molecule has 2 aromatic carbocycles. The van der Waals surface area contributed by atoms with E-state index in [1.54, 1.807) is 56.6 Å². The Bertz CT molecular complexity index is 1140. The number of hydrogen-bond acceptors (Lipinski definition) is 4. The molecule has 8 heteroatoms. The summed E-state index contributed by atoms with van der Waals surface area (Å²) in [6, 6.07) is 12.2. The SMILES string of the molecule is CCOC(=O)c1c(NC(=O)c2ccc(NC(C)=O)cc2)c(-c2cccc(F)c2)cn1C. The predicted molar refractivity (Wildman–Crippen MR) is 115 cm³/mol. The second kappa shape index (κ2) is 9.25. The molecule has 2 N–H and O–H groups in total. The largest absolute Gasteiger partial charge is 0.461 e. The van der Waals surface area contributed by atoms with Crippen LogP contribution in [0, 0.1) is 5.82 Å². The van der Waals surface area contributed by atoms with Gasteiger partial charge in [-0.25, -0.2) is 9.18 Å². The van der Waals surface area contributed by atoms with E-state index in [0.29, 0.717) is 22.4 Å². The van der Waals surface area contributed by atoms with Crippen LogP contribution >= 0.6 is 0 Å². The van der Waals surface area contributed by atoms with Crippen molar-refractivity contribution in [3.63, 3.8) is 0 Å². The zero-order chi connectivity index (χ0) is 22.5. The normalized spacial score (nSPS) is 10.5. The second-order valence-electron chi connectivity index (χ2n) is 6.82. The van der Waals surface area contributed by atoms with Crippen LogP contribution in [0.15, 0.2) is 54.7 Å². The molecule has 0 bridgehead atoms. The van der Waals surface area contributed by atoms with Gasteiger partial charge in [-0.15, -0.1) is 0 Å². The van der Waals surface area contributed by atoms with Crippen LogP contribution < -0.4 is 10.6 Å². The van der Waals surface area contributed by atoms with E-state index >= 15 is 0 Å². The monoisotopic (exact) mass is 423 g/mol. The third kappa shape index (κ3) is 4.98. The van der Waals surface area contributed by atoms with Crippen LogP contribution in [0.25, 0.3) is 11.1 Å². The van der Waals surface area contributed by atoms with Crippen LogP contribution in [-0.4, -0.2) is 29.0 Å². The number of anilines is 2. The summed E-state index contributed by atoms with van der Waals surface area (Å²) in [4.78, 5) is 36.6. The fourth-order valence-electron chi connectivity index (χ4n) is 3.17. The number of aromatic nitrogens is 1. The lowest BCUT2D eigenvalue weighted by Gasteiger charge is -2.11. The molecule has 0 fully saturated rings. The molecule has 31 heavy (non-hydrogen) atoms. The van der Waals surface area contributed by atoms with Gasteiger partial charge >= 0.3 is 5.97 Å². The van der Waals surface area contributed by atoms with Gasteiger partial charge in [0.15, 0.2) is 5.69 Å². The zero-order valence-corrected chi connectivity index (χ0v) is 17.4. The number of hydrogen-bond donors (Lipinski definition) is 2. The number of ether oxygens (including phenoxy) is 1. The fourth-order valence-corrected chi connectivity index (χ4v) is 3.17. The van der Waals surface area contributed by atoms with Gasteiger partial charge in [-0.05, 0) is 48.9 Å². The number of carbonyl (C=O) groups is 3. The lowest BCUT2D eigenvalue weighted by molar-refractivity contribution is -0.114. The maximum Gasteiger partial charge on any atom is 0.357 e. The van der Waals surface area contributed by atoms with Crippen molar-refractivity contribution in [1.82, 2.24) is 4.57 Å². The van der Waals surface area contributed by atoms with E-state index in [1.807, 2.05) is 0 Å². The van der Waals surface area contributed by atoms with Crippen molar-refractivity contribution in [3.8, 4) is 11.1 Å². The third-order valence-corrected chi connectivity index (χ3v) is 4.49.